The van der Waals surface area contributed by atoms with E-state index >= 15 is 0 Å². The largest absolute Gasteiger partial charge is 0.394 e. The zero-order valence-corrected chi connectivity index (χ0v) is 11.2. The summed E-state index contributed by atoms with van der Waals surface area (Å²) in [6.07, 6.45) is -1.59. The van der Waals surface area contributed by atoms with Crippen LogP contribution in [0, 0.1) is 0 Å². The number of anilines is 2. The summed E-state index contributed by atoms with van der Waals surface area (Å²) in [5, 5.41) is 22.8. The fourth-order valence-corrected chi connectivity index (χ4v) is 2.44. The highest BCUT2D eigenvalue weighted by molar-refractivity contribution is 5.82. The van der Waals surface area contributed by atoms with Crippen molar-refractivity contribution in [2.45, 2.75) is 24.5 Å². The van der Waals surface area contributed by atoms with Gasteiger partial charge in [0.05, 0.1) is 19.0 Å². The van der Waals surface area contributed by atoms with E-state index in [0.717, 1.165) is 0 Å². The standard InChI is InChI=1S/C10H13N9O3/c11-7-5-8(16-10(12)15-7)19(2-14-5)9-4(17-18-13)6(21)3(1-20)22-9/h2-4,6,9,20-21H,1H2,(H4,11,12,15,16)/t3-,4?,6-,9-/m1/s1. The molecule has 4 atom stereocenters. The van der Waals surface area contributed by atoms with E-state index in [1.807, 2.05) is 0 Å². The van der Waals surface area contributed by atoms with Crippen molar-refractivity contribution in [3.63, 3.8) is 0 Å². The molecule has 1 aliphatic rings. The Morgan fingerprint density at radius 1 is 1.45 bits per heavy atom. The van der Waals surface area contributed by atoms with Gasteiger partial charge in [-0.2, -0.15) is 9.97 Å². The molecule has 2 aromatic heterocycles. The van der Waals surface area contributed by atoms with Crippen LogP contribution in [0.5, 0.6) is 0 Å². The maximum Gasteiger partial charge on any atom is 0.224 e. The number of nitrogens with zero attached hydrogens (tertiary/aromatic N) is 7. The van der Waals surface area contributed by atoms with Crippen molar-refractivity contribution in [2.75, 3.05) is 18.1 Å². The van der Waals surface area contributed by atoms with E-state index < -0.39 is 31.1 Å². The molecule has 1 fully saturated rings. The molecule has 0 aliphatic carbocycles. The van der Waals surface area contributed by atoms with Crippen LogP contribution in [0.25, 0.3) is 21.6 Å². The average molecular weight is 307 g/mol. The van der Waals surface area contributed by atoms with Crippen LogP contribution >= 0.6 is 0 Å². The van der Waals surface area contributed by atoms with Crippen molar-refractivity contribution in [3.05, 3.63) is 16.8 Å². The summed E-state index contributed by atoms with van der Waals surface area (Å²) < 4.78 is 6.97. The van der Waals surface area contributed by atoms with Gasteiger partial charge in [0.15, 0.2) is 11.5 Å². The highest BCUT2D eigenvalue weighted by Crippen LogP contribution is 2.34. The van der Waals surface area contributed by atoms with Gasteiger partial charge in [0, 0.05) is 4.91 Å². The van der Waals surface area contributed by atoms with Crippen LogP contribution in [0.15, 0.2) is 11.4 Å². The van der Waals surface area contributed by atoms with E-state index in [1.165, 1.54) is 10.9 Å². The van der Waals surface area contributed by atoms with Gasteiger partial charge in [-0.15, -0.1) is 0 Å². The van der Waals surface area contributed by atoms with Crippen molar-refractivity contribution in [2.24, 2.45) is 5.11 Å². The number of fused-ring (bicyclic) bond motifs is 1. The number of hydrogen-bond donors (Lipinski definition) is 4. The summed E-state index contributed by atoms with van der Waals surface area (Å²) in [5.41, 5.74) is 20.5. The molecule has 1 unspecified atom stereocenters. The Hall–Kier alpha value is -2.66. The number of azide groups is 1. The maximum atomic E-state index is 10.1. The Kier molecular flexibility index (Phi) is 3.42. The Balaban J connectivity index is 2.11. The van der Waals surface area contributed by atoms with Gasteiger partial charge in [0.2, 0.25) is 5.95 Å². The highest BCUT2D eigenvalue weighted by atomic mass is 16.5. The lowest BCUT2D eigenvalue weighted by Gasteiger charge is -2.17. The van der Waals surface area contributed by atoms with Crippen molar-refractivity contribution in [1.82, 2.24) is 19.5 Å². The quantitative estimate of drug-likeness (QED) is 0.312. The Morgan fingerprint density at radius 3 is 2.91 bits per heavy atom. The molecule has 1 saturated heterocycles. The molecule has 0 aromatic carbocycles. The van der Waals surface area contributed by atoms with E-state index in [1.54, 1.807) is 0 Å². The van der Waals surface area contributed by atoms with Crippen LogP contribution in [-0.4, -0.2) is 54.6 Å². The Labute approximate surface area is 123 Å². The van der Waals surface area contributed by atoms with Crippen LogP contribution in [0.3, 0.4) is 0 Å². The molecular formula is C10H13N9O3. The van der Waals surface area contributed by atoms with Gasteiger partial charge in [-0.3, -0.25) is 4.57 Å². The summed E-state index contributed by atoms with van der Waals surface area (Å²) >= 11 is 0. The van der Waals surface area contributed by atoms with Gasteiger partial charge < -0.3 is 26.4 Å². The molecule has 0 bridgehead atoms. The minimum absolute atomic E-state index is 0.0515. The van der Waals surface area contributed by atoms with Crippen LogP contribution < -0.4 is 11.5 Å². The Morgan fingerprint density at radius 2 is 2.23 bits per heavy atom. The van der Waals surface area contributed by atoms with Gasteiger partial charge >= 0.3 is 0 Å². The van der Waals surface area contributed by atoms with Crippen molar-refractivity contribution >= 4 is 22.9 Å². The molecule has 6 N–H and O–H groups in total. The van der Waals surface area contributed by atoms with Crippen LogP contribution in [0.1, 0.15) is 6.23 Å². The average Bonchev–Trinajstić information content (AvgIpc) is 3.02. The van der Waals surface area contributed by atoms with Crippen LogP contribution in [0.4, 0.5) is 11.8 Å². The molecule has 0 saturated carbocycles. The van der Waals surface area contributed by atoms with Gasteiger partial charge in [0.25, 0.3) is 0 Å². The highest BCUT2D eigenvalue weighted by Gasteiger charge is 2.44. The van der Waals surface area contributed by atoms with Crippen molar-refractivity contribution in [3.8, 4) is 0 Å². The summed E-state index contributed by atoms with van der Waals surface area (Å²) in [6.45, 7) is -0.430. The molecular weight excluding hydrogens is 294 g/mol. The first-order valence-electron chi connectivity index (χ1n) is 6.31. The van der Waals surface area contributed by atoms with E-state index in [-0.39, 0.29) is 17.4 Å². The number of hydrogen-bond acceptors (Lipinski definition) is 9. The van der Waals surface area contributed by atoms with Gasteiger partial charge in [-0.1, -0.05) is 5.11 Å². The lowest BCUT2D eigenvalue weighted by molar-refractivity contribution is -0.0436. The summed E-state index contributed by atoms with van der Waals surface area (Å²) in [7, 11) is 0. The van der Waals surface area contributed by atoms with Crippen molar-refractivity contribution in [1.29, 1.82) is 0 Å². The topological polar surface area (TPSA) is 194 Å². The normalized spacial score (nSPS) is 27.9. The minimum atomic E-state index is -1.17. The summed E-state index contributed by atoms with van der Waals surface area (Å²) in [4.78, 5) is 14.6. The smallest absolute Gasteiger partial charge is 0.224 e. The number of aliphatic hydroxyl groups excluding tert-OH is 2. The molecule has 0 spiro atoms. The summed E-state index contributed by atoms with van der Waals surface area (Å²) in [5.74, 6) is 0.0446. The molecule has 2 aromatic rings. The second-order valence-electron chi connectivity index (χ2n) is 4.72. The number of rotatable bonds is 3. The number of aromatic nitrogens is 4. The molecule has 22 heavy (non-hydrogen) atoms. The second kappa shape index (κ2) is 5.27. The van der Waals surface area contributed by atoms with Gasteiger partial charge in [-0.05, 0) is 5.53 Å². The van der Waals surface area contributed by atoms with E-state index in [0.29, 0.717) is 5.52 Å². The lowest BCUT2D eigenvalue weighted by Crippen LogP contribution is -2.31. The first kappa shape index (κ1) is 14.3. The molecule has 0 amide bonds. The first-order chi connectivity index (χ1) is 10.6. The third-order valence-electron chi connectivity index (χ3n) is 3.44. The molecule has 3 heterocycles. The van der Waals surface area contributed by atoms with Crippen LogP contribution in [0.2, 0.25) is 0 Å². The van der Waals surface area contributed by atoms with Crippen LogP contribution in [-0.2, 0) is 4.74 Å². The van der Waals surface area contributed by atoms with Crippen molar-refractivity contribution < 1.29 is 14.9 Å². The van der Waals surface area contributed by atoms with Gasteiger partial charge in [0.1, 0.15) is 23.9 Å². The number of nitrogens with two attached hydrogens (primary N) is 2. The zero-order chi connectivity index (χ0) is 15.9. The minimum Gasteiger partial charge on any atom is -0.394 e. The molecule has 12 heteroatoms. The third-order valence-corrected chi connectivity index (χ3v) is 3.44. The first-order valence-corrected chi connectivity index (χ1v) is 6.31. The molecule has 3 rings (SSSR count). The van der Waals surface area contributed by atoms with E-state index in [2.05, 4.69) is 25.0 Å². The fraction of sp³-hybridized carbons (Fsp3) is 0.500. The third kappa shape index (κ3) is 2.07. The Bertz CT molecular complexity index is 755. The molecule has 1 aliphatic heterocycles. The number of aliphatic hydroxyl groups is 2. The predicted octanol–water partition coefficient (Wildman–Crippen LogP) is -1.08. The number of imidazole rings is 1. The lowest BCUT2D eigenvalue weighted by atomic mass is 10.1. The zero-order valence-electron chi connectivity index (χ0n) is 11.2. The van der Waals surface area contributed by atoms with Gasteiger partial charge in [-0.25, -0.2) is 4.98 Å². The van der Waals surface area contributed by atoms with E-state index in [9.17, 15) is 10.2 Å². The monoisotopic (exact) mass is 307 g/mol. The fourth-order valence-electron chi connectivity index (χ4n) is 2.44. The molecule has 116 valence electrons. The molecule has 0 radical (unpaired) electrons. The number of nitrogen functional groups attached to an aromatic ring is 2. The van der Waals surface area contributed by atoms with E-state index in [4.69, 9.17) is 21.7 Å². The maximum absolute atomic E-state index is 10.1. The predicted molar refractivity (Wildman–Crippen MR) is 74.1 cm³/mol. The summed E-state index contributed by atoms with van der Waals surface area (Å²) in [6, 6.07) is -0.961. The molecule has 12 nitrogen and oxygen atoms in total. The second-order valence-corrected chi connectivity index (χ2v) is 4.72. The number of ether oxygens (including phenoxy) is 1. The SMILES string of the molecule is [N-]=[N+]=NC1[C@H](n2cnc3c(N)nc(N)nc32)O[C@H](CO)[C@H]1O.